The Labute approximate surface area is 159 Å². The fraction of sp³-hybridized carbons (Fsp3) is 0.182. The largest absolute Gasteiger partial charge is 0.497 e. The highest BCUT2D eigenvalue weighted by molar-refractivity contribution is 5.92. The van der Waals surface area contributed by atoms with E-state index in [4.69, 9.17) is 4.74 Å². The molecule has 0 spiro atoms. The molecule has 5 nitrogen and oxygen atoms in total. The quantitative estimate of drug-likeness (QED) is 0.642. The van der Waals surface area contributed by atoms with Gasteiger partial charge in [-0.3, -0.25) is 4.79 Å². The molecule has 0 unspecified atom stereocenters. The van der Waals surface area contributed by atoms with Crippen molar-refractivity contribution in [1.82, 2.24) is 10.3 Å². The summed E-state index contributed by atoms with van der Waals surface area (Å²) < 4.78 is 5.23. The average Bonchev–Trinajstić information content (AvgIpc) is 2.73. The predicted molar refractivity (Wildman–Crippen MR) is 107 cm³/mol. The van der Waals surface area contributed by atoms with Crippen LogP contribution in [0, 0.1) is 0 Å². The van der Waals surface area contributed by atoms with E-state index in [9.17, 15) is 4.79 Å². The van der Waals surface area contributed by atoms with Crippen LogP contribution >= 0.6 is 0 Å². The van der Waals surface area contributed by atoms with E-state index >= 15 is 0 Å². The normalized spacial score (nSPS) is 10.3. The fourth-order valence-corrected chi connectivity index (χ4v) is 2.68. The molecule has 1 amide bonds. The molecule has 0 aliphatic carbocycles. The molecule has 2 aromatic carbocycles. The summed E-state index contributed by atoms with van der Waals surface area (Å²) in [6.07, 6.45) is 2.56. The van der Waals surface area contributed by atoms with Gasteiger partial charge in [-0.15, -0.1) is 0 Å². The lowest BCUT2D eigenvalue weighted by molar-refractivity contribution is 0.0946. The summed E-state index contributed by atoms with van der Waals surface area (Å²) in [5.74, 6) is 0.682. The molecule has 0 atom stereocenters. The molecular formula is C22H23N3O2. The lowest BCUT2D eigenvalue weighted by Crippen LogP contribution is -2.23. The number of aromatic nitrogens is 1. The Hall–Kier alpha value is -3.34. The van der Waals surface area contributed by atoms with E-state index in [1.807, 2.05) is 54.6 Å². The van der Waals surface area contributed by atoms with E-state index in [0.717, 1.165) is 30.0 Å². The van der Waals surface area contributed by atoms with Crippen molar-refractivity contribution in [2.75, 3.05) is 19.0 Å². The zero-order valence-corrected chi connectivity index (χ0v) is 15.3. The van der Waals surface area contributed by atoms with Gasteiger partial charge in [0.25, 0.3) is 5.91 Å². The second kappa shape index (κ2) is 9.38. The Morgan fingerprint density at radius 1 is 1.00 bits per heavy atom. The van der Waals surface area contributed by atoms with Gasteiger partial charge in [0, 0.05) is 13.1 Å². The van der Waals surface area contributed by atoms with Crippen LogP contribution < -0.4 is 15.4 Å². The maximum absolute atomic E-state index is 12.2. The number of carbonyl (C=O) groups is 1. The van der Waals surface area contributed by atoms with Crippen LogP contribution in [0.2, 0.25) is 0 Å². The van der Waals surface area contributed by atoms with Crippen LogP contribution in [0.15, 0.2) is 72.9 Å². The fourth-order valence-electron chi connectivity index (χ4n) is 2.68. The SMILES string of the molecule is COc1cccc(CCNc2ccc(C(=O)NCc3ccccc3)nc2)c1. The second-order valence-corrected chi connectivity index (χ2v) is 6.13. The average molecular weight is 361 g/mol. The lowest BCUT2D eigenvalue weighted by atomic mass is 10.1. The summed E-state index contributed by atoms with van der Waals surface area (Å²) in [5.41, 5.74) is 3.55. The second-order valence-electron chi connectivity index (χ2n) is 6.13. The smallest absolute Gasteiger partial charge is 0.270 e. The number of amides is 1. The Morgan fingerprint density at radius 3 is 2.56 bits per heavy atom. The van der Waals surface area contributed by atoms with E-state index in [-0.39, 0.29) is 5.91 Å². The van der Waals surface area contributed by atoms with Gasteiger partial charge in [0.05, 0.1) is 19.0 Å². The van der Waals surface area contributed by atoms with Crippen LogP contribution in [-0.2, 0) is 13.0 Å². The number of hydrogen-bond donors (Lipinski definition) is 2. The van der Waals surface area contributed by atoms with Crippen molar-refractivity contribution in [1.29, 1.82) is 0 Å². The van der Waals surface area contributed by atoms with Crippen molar-refractivity contribution in [3.63, 3.8) is 0 Å². The number of hydrogen-bond acceptors (Lipinski definition) is 4. The molecular weight excluding hydrogens is 338 g/mol. The molecule has 3 rings (SSSR count). The highest BCUT2D eigenvalue weighted by Crippen LogP contribution is 2.13. The van der Waals surface area contributed by atoms with E-state index in [2.05, 4.69) is 21.7 Å². The maximum Gasteiger partial charge on any atom is 0.270 e. The van der Waals surface area contributed by atoms with Gasteiger partial charge in [-0.1, -0.05) is 42.5 Å². The molecule has 138 valence electrons. The molecule has 0 aliphatic heterocycles. The van der Waals surface area contributed by atoms with Crippen LogP contribution in [0.1, 0.15) is 21.6 Å². The van der Waals surface area contributed by atoms with Gasteiger partial charge in [-0.05, 0) is 41.8 Å². The van der Waals surface area contributed by atoms with Gasteiger partial charge in [0.2, 0.25) is 0 Å². The predicted octanol–water partition coefficient (Wildman–Crippen LogP) is 3.67. The number of nitrogens with zero attached hydrogens (tertiary/aromatic N) is 1. The van der Waals surface area contributed by atoms with Crippen molar-refractivity contribution >= 4 is 11.6 Å². The van der Waals surface area contributed by atoms with E-state index in [1.165, 1.54) is 5.56 Å². The van der Waals surface area contributed by atoms with Crippen LogP contribution in [-0.4, -0.2) is 24.5 Å². The topological polar surface area (TPSA) is 63.2 Å². The number of ether oxygens (including phenoxy) is 1. The molecule has 0 fully saturated rings. The van der Waals surface area contributed by atoms with Crippen LogP contribution in [0.25, 0.3) is 0 Å². The molecule has 5 heteroatoms. The molecule has 27 heavy (non-hydrogen) atoms. The van der Waals surface area contributed by atoms with Gasteiger partial charge in [-0.2, -0.15) is 0 Å². The third-order valence-electron chi connectivity index (χ3n) is 4.17. The summed E-state index contributed by atoms with van der Waals surface area (Å²) >= 11 is 0. The van der Waals surface area contributed by atoms with Crippen LogP contribution in [0.3, 0.4) is 0 Å². The van der Waals surface area contributed by atoms with Gasteiger partial charge in [-0.25, -0.2) is 4.98 Å². The number of nitrogens with one attached hydrogen (secondary N) is 2. The third-order valence-corrected chi connectivity index (χ3v) is 4.17. The number of pyridine rings is 1. The Kier molecular flexibility index (Phi) is 6.41. The summed E-state index contributed by atoms with van der Waals surface area (Å²) in [6, 6.07) is 21.4. The first kappa shape index (κ1) is 18.5. The van der Waals surface area contributed by atoms with E-state index < -0.39 is 0 Å². The maximum atomic E-state index is 12.2. The zero-order valence-electron chi connectivity index (χ0n) is 15.3. The van der Waals surface area contributed by atoms with Crippen molar-refractivity contribution in [2.45, 2.75) is 13.0 Å². The lowest BCUT2D eigenvalue weighted by Gasteiger charge is -2.08. The molecule has 0 aliphatic rings. The number of anilines is 1. The molecule has 0 radical (unpaired) electrons. The van der Waals surface area contributed by atoms with Crippen molar-refractivity contribution in [3.05, 3.63) is 89.7 Å². The minimum absolute atomic E-state index is 0.179. The molecule has 1 aromatic heterocycles. The minimum Gasteiger partial charge on any atom is -0.497 e. The first-order valence-electron chi connectivity index (χ1n) is 8.89. The van der Waals surface area contributed by atoms with Gasteiger partial charge in [0.1, 0.15) is 11.4 Å². The van der Waals surface area contributed by atoms with Crippen LogP contribution in [0.4, 0.5) is 5.69 Å². The Balaban J connectivity index is 1.47. The summed E-state index contributed by atoms with van der Waals surface area (Å²) in [4.78, 5) is 16.4. The van der Waals surface area contributed by atoms with E-state index in [0.29, 0.717) is 12.2 Å². The number of carbonyl (C=O) groups excluding carboxylic acids is 1. The van der Waals surface area contributed by atoms with Crippen molar-refractivity contribution < 1.29 is 9.53 Å². The summed E-state index contributed by atoms with van der Waals surface area (Å²) in [7, 11) is 1.67. The first-order valence-corrected chi connectivity index (χ1v) is 8.89. The number of rotatable bonds is 8. The molecule has 0 saturated heterocycles. The van der Waals surface area contributed by atoms with Gasteiger partial charge in [0.15, 0.2) is 0 Å². The van der Waals surface area contributed by atoms with Gasteiger partial charge < -0.3 is 15.4 Å². The molecule has 3 aromatic rings. The van der Waals surface area contributed by atoms with E-state index in [1.54, 1.807) is 19.4 Å². The molecule has 2 N–H and O–H groups in total. The summed E-state index contributed by atoms with van der Waals surface area (Å²) in [5, 5.41) is 6.20. The van der Waals surface area contributed by atoms with Crippen molar-refractivity contribution in [2.24, 2.45) is 0 Å². The monoisotopic (exact) mass is 361 g/mol. The standard InChI is InChI=1S/C22H23N3O2/c1-27-20-9-5-8-17(14-20)12-13-23-19-10-11-21(24-16-19)22(26)25-15-18-6-3-2-4-7-18/h2-11,14,16,23H,12-13,15H2,1H3,(H,25,26). The third kappa shape index (κ3) is 5.57. The zero-order chi connectivity index (χ0) is 18.9. The molecule has 1 heterocycles. The summed E-state index contributed by atoms with van der Waals surface area (Å²) in [6.45, 7) is 1.26. The Bertz CT molecular complexity index is 864. The molecule has 0 saturated carbocycles. The molecule has 0 bridgehead atoms. The Morgan fingerprint density at radius 2 is 1.81 bits per heavy atom. The van der Waals surface area contributed by atoms with Crippen LogP contribution in [0.5, 0.6) is 5.75 Å². The minimum atomic E-state index is -0.179. The highest BCUT2D eigenvalue weighted by Gasteiger charge is 2.06. The van der Waals surface area contributed by atoms with Crippen molar-refractivity contribution in [3.8, 4) is 5.75 Å². The highest BCUT2D eigenvalue weighted by atomic mass is 16.5. The number of methoxy groups -OCH3 is 1. The van der Waals surface area contributed by atoms with Gasteiger partial charge >= 0.3 is 0 Å². The number of benzene rings is 2. The first-order chi connectivity index (χ1) is 13.2.